The monoisotopic (exact) mass is 243 g/mol. The van der Waals surface area contributed by atoms with Crippen LogP contribution in [-0.4, -0.2) is 36.7 Å². The number of nitrogens with one attached hydrogen (secondary N) is 1. The van der Waals surface area contributed by atoms with E-state index in [2.05, 4.69) is 5.32 Å². The summed E-state index contributed by atoms with van der Waals surface area (Å²) in [6, 6.07) is 0. The van der Waals surface area contributed by atoms with Crippen LogP contribution < -0.4 is 5.32 Å². The highest BCUT2D eigenvalue weighted by Crippen LogP contribution is 2.28. The third-order valence-electron chi connectivity index (χ3n) is 3.33. The smallest absolute Gasteiger partial charge is 0.313 e. The Balaban J connectivity index is 2.48. The summed E-state index contributed by atoms with van der Waals surface area (Å²) in [5.41, 5.74) is -0.929. The molecule has 2 atom stereocenters. The highest BCUT2D eigenvalue weighted by molar-refractivity contribution is 5.80. The van der Waals surface area contributed by atoms with Crippen LogP contribution >= 0.6 is 0 Å². The zero-order valence-corrected chi connectivity index (χ0v) is 10.5. The van der Waals surface area contributed by atoms with Crippen molar-refractivity contribution in [3.8, 4) is 0 Å². The minimum absolute atomic E-state index is 0.0619. The van der Waals surface area contributed by atoms with Gasteiger partial charge in [0.15, 0.2) is 0 Å². The maximum Gasteiger partial charge on any atom is 0.313 e. The van der Waals surface area contributed by atoms with E-state index in [4.69, 9.17) is 4.74 Å². The molecule has 0 aliphatic carbocycles. The SMILES string of the molecule is CCCC(C)C(=O)NCC1(C(=O)O)CCOC1. The second-order valence-electron chi connectivity index (χ2n) is 4.80. The molecule has 0 saturated carbocycles. The van der Waals surface area contributed by atoms with Crippen molar-refractivity contribution in [2.45, 2.75) is 33.1 Å². The molecule has 0 aromatic rings. The Morgan fingerprint density at radius 3 is 2.71 bits per heavy atom. The number of aliphatic carboxylic acids is 1. The summed E-state index contributed by atoms with van der Waals surface area (Å²) < 4.78 is 5.13. The number of carboxylic acid groups (broad SMARTS) is 1. The normalized spacial score (nSPS) is 25.5. The number of rotatable bonds is 6. The molecule has 0 spiro atoms. The average Bonchev–Trinajstić information content (AvgIpc) is 2.76. The van der Waals surface area contributed by atoms with E-state index in [9.17, 15) is 14.7 Å². The van der Waals surface area contributed by atoms with Crippen molar-refractivity contribution in [2.24, 2.45) is 11.3 Å². The lowest BCUT2D eigenvalue weighted by molar-refractivity contribution is -0.149. The van der Waals surface area contributed by atoms with Crippen LogP contribution in [0.2, 0.25) is 0 Å². The standard InChI is InChI=1S/C12H21NO4/c1-3-4-9(2)10(14)13-7-12(11(15)16)5-6-17-8-12/h9H,3-8H2,1-2H3,(H,13,14)(H,15,16). The molecule has 1 rings (SSSR count). The fourth-order valence-electron chi connectivity index (χ4n) is 1.99. The van der Waals surface area contributed by atoms with E-state index in [0.717, 1.165) is 12.8 Å². The van der Waals surface area contributed by atoms with Crippen LogP contribution in [0.15, 0.2) is 0 Å². The first-order valence-corrected chi connectivity index (χ1v) is 6.10. The molecular formula is C12H21NO4. The fraction of sp³-hybridized carbons (Fsp3) is 0.833. The summed E-state index contributed by atoms with van der Waals surface area (Å²) >= 11 is 0. The van der Waals surface area contributed by atoms with E-state index >= 15 is 0 Å². The molecular weight excluding hydrogens is 222 g/mol. The van der Waals surface area contributed by atoms with Gasteiger partial charge >= 0.3 is 5.97 Å². The lowest BCUT2D eigenvalue weighted by atomic mass is 9.87. The molecule has 1 aliphatic heterocycles. The van der Waals surface area contributed by atoms with Gasteiger partial charge in [0.2, 0.25) is 5.91 Å². The maximum absolute atomic E-state index is 11.7. The Kier molecular flexibility index (Phi) is 4.93. The van der Waals surface area contributed by atoms with Crippen LogP contribution in [-0.2, 0) is 14.3 Å². The molecule has 0 radical (unpaired) electrons. The maximum atomic E-state index is 11.7. The van der Waals surface area contributed by atoms with Crippen LogP contribution in [0.3, 0.4) is 0 Å². The van der Waals surface area contributed by atoms with E-state index in [0.29, 0.717) is 13.0 Å². The van der Waals surface area contributed by atoms with Crippen LogP contribution in [0, 0.1) is 11.3 Å². The number of amides is 1. The third-order valence-corrected chi connectivity index (χ3v) is 3.33. The largest absolute Gasteiger partial charge is 0.481 e. The topological polar surface area (TPSA) is 75.6 Å². The van der Waals surface area contributed by atoms with Gasteiger partial charge in [-0.1, -0.05) is 20.3 Å². The van der Waals surface area contributed by atoms with Crippen molar-refractivity contribution < 1.29 is 19.4 Å². The second-order valence-corrected chi connectivity index (χ2v) is 4.80. The molecule has 0 aromatic carbocycles. The van der Waals surface area contributed by atoms with E-state index in [1.807, 2.05) is 13.8 Å². The van der Waals surface area contributed by atoms with Crippen molar-refractivity contribution >= 4 is 11.9 Å². The number of carboxylic acids is 1. The Hall–Kier alpha value is -1.10. The molecule has 1 fully saturated rings. The number of hydrogen-bond donors (Lipinski definition) is 2. The molecule has 1 saturated heterocycles. The lowest BCUT2D eigenvalue weighted by Crippen LogP contribution is -2.44. The zero-order valence-electron chi connectivity index (χ0n) is 10.5. The van der Waals surface area contributed by atoms with Gasteiger partial charge in [-0.2, -0.15) is 0 Å². The molecule has 1 aliphatic rings. The third kappa shape index (κ3) is 3.43. The van der Waals surface area contributed by atoms with E-state index in [1.165, 1.54) is 0 Å². The summed E-state index contributed by atoms with van der Waals surface area (Å²) in [6.07, 6.45) is 2.23. The van der Waals surface area contributed by atoms with Gasteiger partial charge < -0.3 is 15.2 Å². The molecule has 0 aromatic heterocycles. The van der Waals surface area contributed by atoms with Gasteiger partial charge in [0, 0.05) is 19.1 Å². The van der Waals surface area contributed by atoms with Crippen molar-refractivity contribution in [3.63, 3.8) is 0 Å². The number of carbonyl (C=O) groups excluding carboxylic acids is 1. The van der Waals surface area contributed by atoms with Crippen molar-refractivity contribution in [2.75, 3.05) is 19.8 Å². The summed E-state index contributed by atoms with van der Waals surface area (Å²) in [5, 5.41) is 11.9. The number of carbonyl (C=O) groups is 2. The highest BCUT2D eigenvalue weighted by Gasteiger charge is 2.42. The van der Waals surface area contributed by atoms with Crippen LogP contribution in [0.25, 0.3) is 0 Å². The summed E-state index contributed by atoms with van der Waals surface area (Å²) in [5.74, 6) is -1.02. The molecule has 1 heterocycles. The first kappa shape index (κ1) is 14.0. The molecule has 5 heteroatoms. The minimum atomic E-state index is -0.929. The lowest BCUT2D eigenvalue weighted by Gasteiger charge is -2.23. The summed E-state index contributed by atoms with van der Waals surface area (Å²) in [4.78, 5) is 22.9. The van der Waals surface area contributed by atoms with E-state index in [1.54, 1.807) is 0 Å². The molecule has 5 nitrogen and oxygen atoms in total. The molecule has 98 valence electrons. The first-order valence-electron chi connectivity index (χ1n) is 6.10. The van der Waals surface area contributed by atoms with Crippen molar-refractivity contribution in [3.05, 3.63) is 0 Å². The van der Waals surface area contributed by atoms with Gasteiger partial charge in [-0.25, -0.2) is 0 Å². The second kappa shape index (κ2) is 6.00. The Morgan fingerprint density at radius 2 is 2.24 bits per heavy atom. The van der Waals surface area contributed by atoms with Gasteiger partial charge in [0.25, 0.3) is 0 Å². The van der Waals surface area contributed by atoms with Gasteiger partial charge in [-0.05, 0) is 12.8 Å². The van der Waals surface area contributed by atoms with Gasteiger partial charge in [0.1, 0.15) is 5.41 Å². The van der Waals surface area contributed by atoms with Gasteiger partial charge in [-0.3, -0.25) is 9.59 Å². The Bertz CT molecular complexity index is 284. The summed E-state index contributed by atoms with van der Waals surface area (Å²) in [6.45, 7) is 4.68. The first-order chi connectivity index (χ1) is 8.02. The molecule has 17 heavy (non-hydrogen) atoms. The highest BCUT2D eigenvalue weighted by atomic mass is 16.5. The quantitative estimate of drug-likeness (QED) is 0.730. The molecule has 1 amide bonds. The van der Waals surface area contributed by atoms with E-state index in [-0.39, 0.29) is 25.0 Å². The Morgan fingerprint density at radius 1 is 1.53 bits per heavy atom. The van der Waals surface area contributed by atoms with Crippen LogP contribution in [0.1, 0.15) is 33.1 Å². The molecule has 0 bridgehead atoms. The molecule has 2 unspecified atom stereocenters. The average molecular weight is 243 g/mol. The van der Waals surface area contributed by atoms with Crippen molar-refractivity contribution in [1.29, 1.82) is 0 Å². The predicted octanol–water partition coefficient (Wildman–Crippen LogP) is 1.03. The van der Waals surface area contributed by atoms with Gasteiger partial charge in [0.05, 0.1) is 6.61 Å². The minimum Gasteiger partial charge on any atom is -0.481 e. The molecule has 2 N–H and O–H groups in total. The van der Waals surface area contributed by atoms with Gasteiger partial charge in [-0.15, -0.1) is 0 Å². The Labute approximate surface area is 102 Å². The predicted molar refractivity (Wildman–Crippen MR) is 62.6 cm³/mol. The van der Waals surface area contributed by atoms with Crippen LogP contribution in [0.5, 0.6) is 0 Å². The zero-order chi connectivity index (χ0) is 12.9. The summed E-state index contributed by atoms with van der Waals surface area (Å²) in [7, 11) is 0. The van der Waals surface area contributed by atoms with Crippen molar-refractivity contribution in [1.82, 2.24) is 5.32 Å². The number of ether oxygens (including phenoxy) is 1. The number of hydrogen-bond acceptors (Lipinski definition) is 3. The van der Waals surface area contributed by atoms with E-state index < -0.39 is 11.4 Å². The van der Waals surface area contributed by atoms with Crippen LogP contribution in [0.4, 0.5) is 0 Å². The fourth-order valence-corrected chi connectivity index (χ4v) is 1.99.